The summed E-state index contributed by atoms with van der Waals surface area (Å²) < 4.78 is 40.9. The van der Waals surface area contributed by atoms with Gasteiger partial charge in [-0.1, -0.05) is 12.1 Å². The van der Waals surface area contributed by atoms with E-state index in [0.29, 0.717) is 4.88 Å². The fourth-order valence-corrected chi connectivity index (χ4v) is 4.42. The number of halogens is 3. The average Bonchev–Trinajstić information content (AvgIpc) is 3.18. The highest BCUT2D eigenvalue weighted by atomic mass is 32.1. The van der Waals surface area contributed by atoms with Crippen LogP contribution >= 0.6 is 34.9 Å². The van der Waals surface area contributed by atoms with Gasteiger partial charge in [0, 0.05) is 4.88 Å². The molecular weight excluding hydrogens is 381 g/mol. The van der Waals surface area contributed by atoms with Crippen molar-refractivity contribution in [3.8, 4) is 0 Å². The molecule has 0 unspecified atom stereocenters. The van der Waals surface area contributed by atoms with Gasteiger partial charge in [0.15, 0.2) is 10.9 Å². The Labute approximate surface area is 148 Å². The van der Waals surface area contributed by atoms with Gasteiger partial charge in [-0.3, -0.25) is 4.79 Å². The molecule has 3 heterocycles. The molecule has 0 saturated carbocycles. The van der Waals surface area contributed by atoms with Crippen molar-refractivity contribution in [2.45, 2.75) is 17.9 Å². The Kier molecular flexibility index (Phi) is 4.41. The molecule has 0 bridgehead atoms. The van der Waals surface area contributed by atoms with Gasteiger partial charge in [0.25, 0.3) is 0 Å². The molecule has 2 aromatic rings. The third-order valence-electron chi connectivity index (χ3n) is 3.70. The maximum absolute atomic E-state index is 13.6. The van der Waals surface area contributed by atoms with Crippen LogP contribution in [-0.2, 0) is 0 Å². The van der Waals surface area contributed by atoms with Crippen LogP contribution in [0.5, 0.6) is 0 Å². The van der Waals surface area contributed by atoms with E-state index in [1.54, 1.807) is 29.0 Å². The second-order valence-corrected chi connectivity index (χ2v) is 7.51. The van der Waals surface area contributed by atoms with Crippen molar-refractivity contribution in [3.63, 3.8) is 0 Å². The number of Topliss-reactive ketones (excluding diaryl/α,β-unsaturated/α-hetero) is 1. The van der Waals surface area contributed by atoms with E-state index in [-0.39, 0.29) is 9.99 Å². The molecule has 0 aliphatic carbocycles. The molecule has 24 heavy (non-hydrogen) atoms. The second kappa shape index (κ2) is 6.10. The minimum absolute atomic E-state index is 0.139. The zero-order chi connectivity index (χ0) is 17.5. The van der Waals surface area contributed by atoms with E-state index in [1.807, 2.05) is 5.32 Å². The summed E-state index contributed by atoms with van der Waals surface area (Å²) in [6.45, 7) is 0. The number of thiophene rings is 2. The lowest BCUT2D eigenvalue weighted by atomic mass is 9.81. The van der Waals surface area contributed by atoms with Crippen molar-refractivity contribution >= 4 is 45.8 Å². The Morgan fingerprint density at radius 3 is 2.46 bits per heavy atom. The molecular formula is C14H11F3N2O2S3. The van der Waals surface area contributed by atoms with Crippen LogP contribution < -0.4 is 10.6 Å². The molecule has 2 aromatic heterocycles. The van der Waals surface area contributed by atoms with E-state index in [4.69, 9.17) is 12.2 Å². The summed E-state index contributed by atoms with van der Waals surface area (Å²) in [5.74, 6) is -2.62. The first-order valence-corrected chi connectivity index (χ1v) is 8.89. The van der Waals surface area contributed by atoms with Crippen molar-refractivity contribution < 1.29 is 23.1 Å². The van der Waals surface area contributed by atoms with Crippen molar-refractivity contribution in [2.75, 3.05) is 0 Å². The topological polar surface area (TPSA) is 61.4 Å². The Morgan fingerprint density at radius 2 is 1.92 bits per heavy atom. The zero-order valence-corrected chi connectivity index (χ0v) is 14.3. The standard InChI is InChI=1S/C14H11F3N2O2S3/c15-14(16,17)13(21)9(11(20)8-4-2-6-24-8)10(18-12(22)19-13)7-3-1-5-23-7/h1-6,9-10,21H,(H2,18,19,22)/t9-,10+,13-/m0/s1. The number of ketones is 1. The highest BCUT2D eigenvalue weighted by molar-refractivity contribution is 7.80. The summed E-state index contributed by atoms with van der Waals surface area (Å²) in [6.07, 6.45) is -5.09. The molecule has 3 rings (SSSR count). The van der Waals surface area contributed by atoms with Crippen LogP contribution in [0.3, 0.4) is 0 Å². The molecule has 1 aliphatic heterocycles. The maximum Gasteiger partial charge on any atom is 0.437 e. The lowest BCUT2D eigenvalue weighted by Crippen LogP contribution is -2.72. The number of hydrogen-bond donors (Lipinski definition) is 3. The minimum atomic E-state index is -5.09. The monoisotopic (exact) mass is 392 g/mol. The predicted molar refractivity (Wildman–Crippen MR) is 89.1 cm³/mol. The molecule has 3 atom stereocenters. The molecule has 0 aromatic carbocycles. The van der Waals surface area contributed by atoms with Gasteiger partial charge >= 0.3 is 6.18 Å². The molecule has 0 spiro atoms. The van der Waals surface area contributed by atoms with E-state index in [0.717, 1.165) is 11.3 Å². The Morgan fingerprint density at radius 1 is 1.25 bits per heavy atom. The molecule has 4 nitrogen and oxygen atoms in total. The maximum atomic E-state index is 13.6. The Balaban J connectivity index is 2.13. The number of hydrogen-bond acceptors (Lipinski definition) is 5. The summed E-state index contributed by atoms with van der Waals surface area (Å²) >= 11 is 7.03. The van der Waals surface area contributed by atoms with Crippen molar-refractivity contribution in [2.24, 2.45) is 5.92 Å². The molecule has 0 amide bonds. The Hall–Kier alpha value is -1.49. The van der Waals surface area contributed by atoms with Crippen LogP contribution in [0.25, 0.3) is 0 Å². The van der Waals surface area contributed by atoms with E-state index >= 15 is 0 Å². The third-order valence-corrected chi connectivity index (χ3v) is 5.76. The van der Waals surface area contributed by atoms with Gasteiger partial charge in [0.1, 0.15) is 5.92 Å². The van der Waals surface area contributed by atoms with Crippen LogP contribution in [0.15, 0.2) is 35.0 Å². The SMILES string of the molecule is O=C(c1cccs1)[C@@H]1[C@@H](c2cccs2)NC(=S)N[C@@]1(O)C(F)(F)F. The Bertz CT molecular complexity index is 746. The minimum Gasteiger partial charge on any atom is -0.363 e. The molecule has 128 valence electrons. The molecule has 0 radical (unpaired) electrons. The second-order valence-electron chi connectivity index (χ2n) is 5.17. The molecule has 1 saturated heterocycles. The van der Waals surface area contributed by atoms with E-state index < -0.39 is 29.6 Å². The first-order chi connectivity index (χ1) is 11.2. The first-order valence-electron chi connectivity index (χ1n) is 6.73. The van der Waals surface area contributed by atoms with Crippen LogP contribution in [0.4, 0.5) is 13.2 Å². The summed E-state index contributed by atoms with van der Waals surface area (Å²) in [6, 6.07) is 5.18. The van der Waals surface area contributed by atoms with E-state index in [2.05, 4.69) is 5.32 Å². The zero-order valence-electron chi connectivity index (χ0n) is 11.8. The molecule has 1 fully saturated rings. The van der Waals surface area contributed by atoms with Gasteiger partial charge in [0.05, 0.1) is 10.9 Å². The first kappa shape index (κ1) is 17.3. The fraction of sp³-hybridized carbons (Fsp3) is 0.286. The van der Waals surface area contributed by atoms with Gasteiger partial charge in [-0.25, -0.2) is 0 Å². The third kappa shape index (κ3) is 2.83. The van der Waals surface area contributed by atoms with Gasteiger partial charge in [-0.05, 0) is 35.1 Å². The lowest BCUT2D eigenvalue weighted by molar-refractivity contribution is -0.285. The molecule has 1 aliphatic rings. The smallest absolute Gasteiger partial charge is 0.363 e. The number of rotatable bonds is 3. The van der Waals surface area contributed by atoms with Gasteiger partial charge in [-0.2, -0.15) is 13.2 Å². The summed E-state index contributed by atoms with van der Waals surface area (Å²) in [5, 5.41) is 17.9. The van der Waals surface area contributed by atoms with Crippen LogP contribution in [-0.4, -0.2) is 27.9 Å². The normalized spacial score (nSPS) is 27.4. The summed E-state index contributed by atoms with van der Waals surface area (Å²) in [4.78, 5) is 13.4. The summed E-state index contributed by atoms with van der Waals surface area (Å²) in [5.41, 5.74) is -3.45. The van der Waals surface area contributed by atoms with Crippen LogP contribution in [0.1, 0.15) is 20.6 Å². The highest BCUT2D eigenvalue weighted by Crippen LogP contribution is 2.45. The van der Waals surface area contributed by atoms with E-state index in [1.165, 1.54) is 17.4 Å². The quantitative estimate of drug-likeness (QED) is 0.554. The average molecular weight is 392 g/mol. The largest absolute Gasteiger partial charge is 0.437 e. The number of carbonyl (C=O) groups excluding carboxylic acids is 1. The van der Waals surface area contributed by atoms with Crippen molar-refractivity contribution in [1.82, 2.24) is 10.6 Å². The number of carbonyl (C=O) groups is 1. The number of alkyl halides is 3. The number of nitrogens with one attached hydrogen (secondary N) is 2. The number of aliphatic hydroxyl groups is 1. The summed E-state index contributed by atoms with van der Waals surface area (Å²) in [7, 11) is 0. The van der Waals surface area contributed by atoms with Gasteiger partial charge < -0.3 is 15.7 Å². The highest BCUT2D eigenvalue weighted by Gasteiger charge is 2.66. The van der Waals surface area contributed by atoms with Crippen LogP contribution in [0.2, 0.25) is 0 Å². The molecule has 10 heteroatoms. The van der Waals surface area contributed by atoms with Crippen molar-refractivity contribution in [1.29, 1.82) is 0 Å². The van der Waals surface area contributed by atoms with Crippen LogP contribution in [0, 0.1) is 5.92 Å². The van der Waals surface area contributed by atoms with Gasteiger partial charge in [0.2, 0.25) is 5.72 Å². The van der Waals surface area contributed by atoms with Gasteiger partial charge in [-0.15, -0.1) is 22.7 Å². The lowest BCUT2D eigenvalue weighted by Gasteiger charge is -2.45. The number of thiocarbonyl (C=S) groups is 1. The predicted octanol–water partition coefficient (Wildman–Crippen LogP) is 3.08. The van der Waals surface area contributed by atoms with E-state index in [9.17, 15) is 23.1 Å². The molecule has 3 N–H and O–H groups in total. The fourth-order valence-electron chi connectivity index (χ4n) is 2.62. The van der Waals surface area contributed by atoms with Crippen molar-refractivity contribution in [3.05, 3.63) is 44.8 Å².